The summed E-state index contributed by atoms with van der Waals surface area (Å²) >= 11 is 0. The van der Waals surface area contributed by atoms with Crippen LogP contribution in [0, 0.1) is 0 Å². The molecule has 1 aliphatic heterocycles. The minimum absolute atomic E-state index is 0.0679. The van der Waals surface area contributed by atoms with E-state index in [9.17, 15) is 4.79 Å². The molecule has 118 valence electrons. The molecule has 0 N–H and O–H groups in total. The third-order valence-corrected chi connectivity index (χ3v) is 3.63. The largest absolute Gasteiger partial charge is 0.497 e. The summed E-state index contributed by atoms with van der Waals surface area (Å²) in [4.78, 5) is 12.2. The van der Waals surface area contributed by atoms with Gasteiger partial charge in [0.25, 0.3) is 0 Å². The first-order valence-electron chi connectivity index (χ1n) is 7.38. The molecule has 0 aliphatic carbocycles. The van der Waals surface area contributed by atoms with Crippen molar-refractivity contribution in [2.75, 3.05) is 7.11 Å². The van der Waals surface area contributed by atoms with E-state index < -0.39 is 0 Å². The molecule has 0 atom stereocenters. The zero-order chi connectivity index (χ0) is 16.4. The van der Waals surface area contributed by atoms with Crippen LogP contribution in [0.3, 0.4) is 0 Å². The summed E-state index contributed by atoms with van der Waals surface area (Å²) in [5.41, 5.74) is 2.48. The molecule has 0 aromatic heterocycles. The molecule has 2 aromatic rings. The van der Waals surface area contributed by atoms with Crippen molar-refractivity contribution in [2.45, 2.75) is 20.5 Å². The quantitative estimate of drug-likeness (QED) is 0.796. The van der Waals surface area contributed by atoms with Crippen LogP contribution >= 0.6 is 0 Å². The first-order chi connectivity index (χ1) is 11.1. The van der Waals surface area contributed by atoms with Gasteiger partial charge in [-0.15, -0.1) is 0 Å². The molecule has 0 radical (unpaired) electrons. The van der Waals surface area contributed by atoms with Crippen molar-refractivity contribution in [1.29, 1.82) is 0 Å². The van der Waals surface area contributed by atoms with Gasteiger partial charge in [0, 0.05) is 6.07 Å². The summed E-state index contributed by atoms with van der Waals surface area (Å²) in [5, 5.41) is 0. The third-order valence-electron chi connectivity index (χ3n) is 3.63. The molecular weight excluding hydrogens is 292 g/mol. The highest BCUT2D eigenvalue weighted by Gasteiger charge is 2.28. The number of fused-ring (bicyclic) bond motifs is 1. The second-order valence-corrected chi connectivity index (χ2v) is 5.56. The van der Waals surface area contributed by atoms with Crippen LogP contribution in [0.1, 0.15) is 29.8 Å². The molecule has 0 saturated carbocycles. The maximum atomic E-state index is 12.2. The van der Waals surface area contributed by atoms with E-state index in [2.05, 4.69) is 0 Å². The number of hydrogen-bond donors (Lipinski definition) is 0. The molecule has 3 rings (SSSR count). The van der Waals surface area contributed by atoms with Gasteiger partial charge < -0.3 is 14.2 Å². The lowest BCUT2D eigenvalue weighted by Crippen LogP contribution is -2.00. The van der Waals surface area contributed by atoms with Gasteiger partial charge in [0.05, 0.1) is 12.7 Å². The van der Waals surface area contributed by atoms with Crippen LogP contribution in [-0.2, 0) is 6.61 Å². The average Bonchev–Trinajstić information content (AvgIpc) is 2.90. The maximum Gasteiger partial charge on any atom is 0.231 e. The summed E-state index contributed by atoms with van der Waals surface area (Å²) in [5.74, 6) is 2.38. The molecule has 2 aromatic carbocycles. The fraction of sp³-hybridized carbons (Fsp3) is 0.211. The summed E-state index contributed by atoms with van der Waals surface area (Å²) in [7, 11) is 1.64. The Bertz CT molecular complexity index is 768. The minimum atomic E-state index is -0.0679. The van der Waals surface area contributed by atoms with Gasteiger partial charge in [0.15, 0.2) is 5.76 Å². The van der Waals surface area contributed by atoms with Gasteiger partial charge in [-0.2, -0.15) is 0 Å². The number of benzene rings is 2. The Morgan fingerprint density at radius 2 is 1.74 bits per heavy atom. The van der Waals surface area contributed by atoms with E-state index in [4.69, 9.17) is 14.2 Å². The molecule has 0 saturated heterocycles. The number of Topliss-reactive ketones (excluding diaryl/α,β-unsaturated/α-hetero) is 1. The highest BCUT2D eigenvalue weighted by Crippen LogP contribution is 2.35. The highest BCUT2D eigenvalue weighted by molar-refractivity contribution is 6.12. The normalized spacial score (nSPS) is 12.7. The lowest BCUT2D eigenvalue weighted by molar-refractivity contribution is 0.101. The Balaban J connectivity index is 1.72. The molecule has 4 nitrogen and oxygen atoms in total. The number of carbonyl (C=O) groups is 1. The lowest BCUT2D eigenvalue weighted by Gasteiger charge is -2.08. The van der Waals surface area contributed by atoms with Crippen LogP contribution in [0.2, 0.25) is 0 Å². The monoisotopic (exact) mass is 310 g/mol. The molecule has 1 aliphatic rings. The van der Waals surface area contributed by atoms with Crippen LogP contribution in [-0.4, -0.2) is 12.9 Å². The van der Waals surface area contributed by atoms with Gasteiger partial charge in [-0.05, 0) is 49.2 Å². The molecule has 23 heavy (non-hydrogen) atoms. The zero-order valence-corrected chi connectivity index (χ0v) is 13.4. The van der Waals surface area contributed by atoms with Crippen molar-refractivity contribution in [3.63, 3.8) is 0 Å². The Morgan fingerprint density at radius 1 is 1.04 bits per heavy atom. The molecule has 0 unspecified atom stereocenters. The van der Waals surface area contributed by atoms with Gasteiger partial charge in [-0.1, -0.05) is 12.1 Å². The topological polar surface area (TPSA) is 44.8 Å². The van der Waals surface area contributed by atoms with Gasteiger partial charge in [0.2, 0.25) is 5.78 Å². The zero-order valence-electron chi connectivity index (χ0n) is 13.4. The number of ether oxygens (including phenoxy) is 3. The number of rotatable bonds is 4. The summed E-state index contributed by atoms with van der Waals surface area (Å²) in [6.45, 7) is 4.16. The summed E-state index contributed by atoms with van der Waals surface area (Å²) in [6, 6.07) is 13.0. The average molecular weight is 310 g/mol. The molecule has 0 spiro atoms. The predicted molar refractivity (Wildman–Crippen MR) is 87.1 cm³/mol. The number of hydrogen-bond acceptors (Lipinski definition) is 4. The smallest absolute Gasteiger partial charge is 0.231 e. The molecule has 0 bridgehead atoms. The van der Waals surface area contributed by atoms with Crippen molar-refractivity contribution in [2.24, 2.45) is 0 Å². The van der Waals surface area contributed by atoms with E-state index in [1.807, 2.05) is 38.1 Å². The van der Waals surface area contributed by atoms with Gasteiger partial charge >= 0.3 is 0 Å². The Morgan fingerprint density at radius 3 is 2.39 bits per heavy atom. The molecular formula is C19H18O4. The third kappa shape index (κ3) is 3.06. The van der Waals surface area contributed by atoms with Gasteiger partial charge in [-0.25, -0.2) is 0 Å². The number of ketones is 1. The van der Waals surface area contributed by atoms with Crippen molar-refractivity contribution >= 4 is 5.78 Å². The number of allylic oxidation sites excluding steroid dienone is 2. The van der Waals surface area contributed by atoms with Gasteiger partial charge in [-0.3, -0.25) is 4.79 Å². The Kier molecular flexibility index (Phi) is 4.06. The summed E-state index contributed by atoms with van der Waals surface area (Å²) < 4.78 is 16.5. The maximum absolute atomic E-state index is 12.2. The SMILES string of the molecule is COc1ccc(COc2ccc3c(c2)OC(=C(C)C)C3=O)cc1. The van der Waals surface area contributed by atoms with Crippen LogP contribution in [0.15, 0.2) is 53.8 Å². The lowest BCUT2D eigenvalue weighted by atomic mass is 10.1. The van der Waals surface area contributed by atoms with E-state index in [-0.39, 0.29) is 5.78 Å². The van der Waals surface area contributed by atoms with E-state index in [1.165, 1.54) is 0 Å². The van der Waals surface area contributed by atoms with Crippen LogP contribution in [0.5, 0.6) is 17.2 Å². The van der Waals surface area contributed by atoms with E-state index in [0.717, 1.165) is 16.9 Å². The number of methoxy groups -OCH3 is 1. The van der Waals surface area contributed by atoms with Gasteiger partial charge in [0.1, 0.15) is 23.9 Å². The fourth-order valence-electron chi connectivity index (χ4n) is 2.36. The first kappa shape index (κ1) is 15.2. The van der Waals surface area contributed by atoms with Crippen LogP contribution in [0.25, 0.3) is 0 Å². The second-order valence-electron chi connectivity index (χ2n) is 5.56. The van der Waals surface area contributed by atoms with Crippen molar-refractivity contribution in [1.82, 2.24) is 0 Å². The van der Waals surface area contributed by atoms with Crippen molar-refractivity contribution in [3.05, 3.63) is 64.9 Å². The van der Waals surface area contributed by atoms with Crippen LogP contribution < -0.4 is 14.2 Å². The van der Waals surface area contributed by atoms with Crippen molar-refractivity contribution < 1.29 is 19.0 Å². The highest BCUT2D eigenvalue weighted by atomic mass is 16.5. The molecule has 0 fully saturated rings. The standard InChI is InChI=1S/C19H18O4/c1-12(2)19-18(20)16-9-8-15(10-17(16)23-19)22-11-13-4-6-14(21-3)7-5-13/h4-10H,11H2,1-3H3. The molecule has 0 amide bonds. The Hall–Kier alpha value is -2.75. The minimum Gasteiger partial charge on any atom is -0.497 e. The van der Waals surface area contributed by atoms with E-state index in [1.54, 1.807) is 25.3 Å². The second kappa shape index (κ2) is 6.16. The van der Waals surface area contributed by atoms with E-state index >= 15 is 0 Å². The van der Waals surface area contributed by atoms with E-state index in [0.29, 0.717) is 29.4 Å². The fourth-order valence-corrected chi connectivity index (χ4v) is 2.36. The van der Waals surface area contributed by atoms with Crippen molar-refractivity contribution in [3.8, 4) is 17.2 Å². The Labute approximate surface area is 135 Å². The molecule has 1 heterocycles. The number of carbonyl (C=O) groups excluding carboxylic acids is 1. The molecule has 4 heteroatoms. The summed E-state index contributed by atoms with van der Waals surface area (Å²) in [6.07, 6.45) is 0. The predicted octanol–water partition coefficient (Wildman–Crippen LogP) is 4.14. The van der Waals surface area contributed by atoms with Crippen LogP contribution in [0.4, 0.5) is 0 Å². The first-order valence-corrected chi connectivity index (χ1v) is 7.38.